The van der Waals surface area contributed by atoms with Crippen molar-refractivity contribution in [3.63, 3.8) is 0 Å². The summed E-state index contributed by atoms with van der Waals surface area (Å²) in [7, 11) is -2.88. The zero-order valence-corrected chi connectivity index (χ0v) is 50.4. The number of imidazole rings is 1. The van der Waals surface area contributed by atoms with Gasteiger partial charge in [-0.15, -0.1) is 0 Å². The van der Waals surface area contributed by atoms with Gasteiger partial charge in [-0.25, -0.2) is 4.98 Å². The molecule has 0 spiro atoms. The molecule has 0 amide bonds. The van der Waals surface area contributed by atoms with Crippen molar-refractivity contribution in [3.8, 4) is 62.1 Å². The largest absolute Gasteiger partial charge is 0.458 e. The SMILES string of the molecule is CC(C)(C)c1ccnc(-n2c3cc(Oc4cccc(-n5[c-][n+]6c7c(cccc75)-c5ccccc5-c5ccccc5-c5cc(C(C)(C)C)cc(C(C)(C)C)c5-6)c4)ccc3c3ccc([Si](c4ccccc4)(c4ccccc4)c4ccccc4)cc32)c1. The van der Waals surface area contributed by atoms with E-state index in [9.17, 15) is 0 Å². The Morgan fingerprint density at radius 1 is 0.405 bits per heavy atom. The molecule has 13 aromatic rings. The smallest absolute Gasteiger partial charge is 0.269 e. The molecule has 0 saturated carbocycles. The first-order valence-corrected chi connectivity index (χ1v) is 31.4. The fourth-order valence-electron chi connectivity index (χ4n) is 13.2. The van der Waals surface area contributed by atoms with Gasteiger partial charge in [0, 0.05) is 23.0 Å². The number of rotatable bonds is 8. The van der Waals surface area contributed by atoms with E-state index in [4.69, 9.17) is 9.72 Å². The molecule has 0 unspecified atom stereocenters. The topological polar surface area (TPSA) is 35.9 Å². The second-order valence-electron chi connectivity index (χ2n) is 25.8. The fourth-order valence-corrected chi connectivity index (χ4v) is 17.9. The van der Waals surface area contributed by atoms with Crippen molar-refractivity contribution < 1.29 is 9.30 Å². The van der Waals surface area contributed by atoms with Crippen LogP contribution < -0.4 is 30.1 Å². The molecular formula is C78H68N4OSi. The Morgan fingerprint density at radius 3 is 1.52 bits per heavy atom. The monoisotopic (exact) mass is 1100 g/mol. The molecule has 1 aliphatic heterocycles. The number of aromatic nitrogens is 4. The third-order valence-electron chi connectivity index (χ3n) is 17.4. The summed E-state index contributed by atoms with van der Waals surface area (Å²) in [5.41, 5.74) is 16.9. The molecular weight excluding hydrogens is 1040 g/mol. The van der Waals surface area contributed by atoms with Crippen LogP contribution in [0.3, 0.4) is 0 Å². The first-order chi connectivity index (χ1) is 40.6. The van der Waals surface area contributed by atoms with Crippen LogP contribution in [0.25, 0.3) is 83.4 Å². The number of fused-ring (bicyclic) bond motifs is 10. The minimum Gasteiger partial charge on any atom is -0.458 e. The molecule has 0 atom stereocenters. The molecule has 0 fully saturated rings. The van der Waals surface area contributed by atoms with E-state index in [0.717, 1.165) is 67.1 Å². The van der Waals surface area contributed by atoms with Gasteiger partial charge in [-0.1, -0.05) is 250 Å². The predicted molar refractivity (Wildman–Crippen MR) is 352 cm³/mol. The molecule has 5 nitrogen and oxygen atoms in total. The number of hydrogen-bond donors (Lipinski definition) is 0. The summed E-state index contributed by atoms with van der Waals surface area (Å²) >= 11 is 0. The van der Waals surface area contributed by atoms with E-state index in [1.165, 1.54) is 65.3 Å². The first kappa shape index (κ1) is 52.7. The highest BCUT2D eigenvalue weighted by Crippen LogP contribution is 2.47. The van der Waals surface area contributed by atoms with Gasteiger partial charge >= 0.3 is 0 Å². The average Bonchev–Trinajstić information content (AvgIpc) is 1.72. The van der Waals surface area contributed by atoms with Crippen LogP contribution in [0.4, 0.5) is 0 Å². The van der Waals surface area contributed by atoms with Crippen LogP contribution >= 0.6 is 0 Å². The molecule has 6 heteroatoms. The van der Waals surface area contributed by atoms with Gasteiger partial charge in [0.1, 0.15) is 17.3 Å². The van der Waals surface area contributed by atoms with E-state index >= 15 is 0 Å². The van der Waals surface area contributed by atoms with E-state index in [1.54, 1.807) is 0 Å². The Labute approximate surface area is 494 Å². The Hall–Kier alpha value is -9.36. The lowest BCUT2D eigenvalue weighted by Gasteiger charge is -2.34. The highest BCUT2D eigenvalue weighted by atomic mass is 28.3. The molecule has 0 saturated heterocycles. The maximum absolute atomic E-state index is 7.09. The van der Waals surface area contributed by atoms with Gasteiger partial charge in [0.05, 0.1) is 33.4 Å². The van der Waals surface area contributed by atoms with Crippen LogP contribution in [-0.2, 0) is 16.2 Å². The van der Waals surface area contributed by atoms with Crippen LogP contribution in [0.2, 0.25) is 0 Å². The standard InChI is InChI=1S/C78H68N4OSi/c1-76(2,3)52-43-44-79-73(47-52)82-71-49-56(39-41-65(71)66-42-40-60(50-72(66)82)84(57-27-13-10-14-28-57,58-29-15-11-16-30-58)59-31-17-12-18-32-59)83-55-26-23-25-54(48-55)80-51-81-74-68(45-53(77(4,5)6)46-69(74)78(7,8)9)64-36-22-20-34-62(64)61-33-19-21-35-63(61)67-37-24-38-70(80)75(67)81/h10-50H,1-9H3. The van der Waals surface area contributed by atoms with Crippen LogP contribution in [0.15, 0.2) is 249 Å². The van der Waals surface area contributed by atoms with Crippen LogP contribution in [0.1, 0.15) is 79.0 Å². The van der Waals surface area contributed by atoms with Crippen molar-refractivity contribution in [1.82, 2.24) is 14.1 Å². The Morgan fingerprint density at radius 2 is 0.929 bits per heavy atom. The van der Waals surface area contributed by atoms with Gasteiger partial charge in [0.15, 0.2) is 8.07 Å². The molecule has 84 heavy (non-hydrogen) atoms. The summed E-state index contributed by atoms with van der Waals surface area (Å²) in [5, 5.41) is 7.56. The van der Waals surface area contributed by atoms with E-state index in [2.05, 4.69) is 325 Å². The zero-order chi connectivity index (χ0) is 57.7. The number of ether oxygens (including phenoxy) is 1. The van der Waals surface area contributed by atoms with Crippen molar-refractivity contribution in [3.05, 3.63) is 272 Å². The molecule has 410 valence electrons. The summed E-state index contributed by atoms with van der Waals surface area (Å²) in [6, 6.07) is 89.5. The van der Waals surface area contributed by atoms with Gasteiger partial charge in [-0.05, 0) is 136 Å². The molecule has 0 N–H and O–H groups in total. The summed E-state index contributed by atoms with van der Waals surface area (Å²) in [6.07, 6.45) is 5.98. The normalized spacial score (nSPS) is 12.6. The third kappa shape index (κ3) is 8.73. The number of hydrogen-bond acceptors (Lipinski definition) is 2. The number of benzene rings is 10. The summed E-state index contributed by atoms with van der Waals surface area (Å²) in [6.45, 7) is 20.8. The summed E-state index contributed by atoms with van der Waals surface area (Å²) < 4.78 is 14.1. The van der Waals surface area contributed by atoms with Crippen molar-refractivity contribution >= 4 is 61.7 Å². The molecule has 10 aromatic carbocycles. The van der Waals surface area contributed by atoms with Gasteiger partial charge in [0.25, 0.3) is 6.33 Å². The minimum absolute atomic E-state index is 0.0881. The van der Waals surface area contributed by atoms with Gasteiger partial charge in [0.2, 0.25) is 0 Å². The second kappa shape index (κ2) is 19.9. The van der Waals surface area contributed by atoms with E-state index in [1.807, 2.05) is 6.20 Å². The Kier molecular flexibility index (Phi) is 12.5. The van der Waals surface area contributed by atoms with Crippen LogP contribution in [0, 0.1) is 6.33 Å². The van der Waals surface area contributed by atoms with Crippen LogP contribution in [0.5, 0.6) is 11.5 Å². The summed E-state index contributed by atoms with van der Waals surface area (Å²) in [5.74, 6) is 2.31. The first-order valence-electron chi connectivity index (χ1n) is 29.4. The van der Waals surface area contributed by atoms with Crippen molar-refractivity contribution in [2.75, 3.05) is 0 Å². The Bertz CT molecular complexity index is 4590. The van der Waals surface area contributed by atoms with E-state index in [0.29, 0.717) is 0 Å². The van der Waals surface area contributed by atoms with Crippen molar-refractivity contribution in [2.45, 2.75) is 78.6 Å². The molecule has 1 aliphatic rings. The van der Waals surface area contributed by atoms with Crippen LogP contribution in [-0.4, -0.2) is 22.2 Å². The highest BCUT2D eigenvalue weighted by molar-refractivity contribution is 7.20. The number of pyridine rings is 1. The van der Waals surface area contributed by atoms with E-state index in [-0.39, 0.29) is 16.2 Å². The third-order valence-corrected chi connectivity index (χ3v) is 22.1. The van der Waals surface area contributed by atoms with Crippen molar-refractivity contribution in [1.29, 1.82) is 0 Å². The number of nitrogens with zero attached hydrogens (tertiary/aromatic N) is 4. The molecule has 0 bridgehead atoms. The molecule has 4 heterocycles. The summed E-state index contributed by atoms with van der Waals surface area (Å²) in [4.78, 5) is 5.18. The molecule has 3 aromatic heterocycles. The fraction of sp³-hybridized carbons (Fsp3) is 0.154. The molecule has 0 aliphatic carbocycles. The minimum atomic E-state index is -2.88. The lowest BCUT2D eigenvalue weighted by Crippen LogP contribution is -2.74. The maximum atomic E-state index is 7.09. The lowest BCUT2D eigenvalue weighted by molar-refractivity contribution is -0.572. The molecule has 0 radical (unpaired) electrons. The average molecular weight is 1110 g/mol. The van der Waals surface area contributed by atoms with Gasteiger partial charge in [-0.2, -0.15) is 0 Å². The number of para-hydroxylation sites is 1. The van der Waals surface area contributed by atoms with E-state index < -0.39 is 8.07 Å². The quantitative estimate of drug-likeness (QED) is 0.0658. The Balaban J connectivity index is 0.953. The molecule has 14 rings (SSSR count). The second-order valence-corrected chi connectivity index (χ2v) is 29.6. The predicted octanol–water partition coefficient (Wildman–Crippen LogP) is 16.6. The van der Waals surface area contributed by atoms with Gasteiger partial charge < -0.3 is 4.74 Å². The lowest BCUT2D eigenvalue weighted by atomic mass is 9.77. The highest BCUT2D eigenvalue weighted by Gasteiger charge is 2.42. The maximum Gasteiger partial charge on any atom is 0.269 e. The zero-order valence-electron chi connectivity index (χ0n) is 49.4. The van der Waals surface area contributed by atoms with Crippen molar-refractivity contribution in [2.24, 2.45) is 0 Å². The van der Waals surface area contributed by atoms with Gasteiger partial charge in [-0.3, -0.25) is 13.7 Å².